The van der Waals surface area contributed by atoms with E-state index < -0.39 is 17.8 Å². The molecule has 2 aliphatic carbocycles. The lowest BCUT2D eigenvalue weighted by Crippen LogP contribution is -2.36. The lowest BCUT2D eigenvalue weighted by atomic mass is 9.82. The van der Waals surface area contributed by atoms with Crippen molar-refractivity contribution in [2.24, 2.45) is 30.7 Å². The van der Waals surface area contributed by atoms with Crippen LogP contribution in [0.25, 0.3) is 0 Å². The first-order chi connectivity index (χ1) is 9.06. The molecule has 6 nitrogen and oxygen atoms in total. The van der Waals surface area contributed by atoms with Gasteiger partial charge in [0.05, 0.1) is 23.7 Å². The monoisotopic (exact) mass is 261 g/mol. The van der Waals surface area contributed by atoms with E-state index in [1.54, 1.807) is 24.1 Å². The predicted octanol–water partition coefficient (Wildman–Crippen LogP) is 0.882. The van der Waals surface area contributed by atoms with Crippen LogP contribution < -0.4 is 5.32 Å². The van der Waals surface area contributed by atoms with Gasteiger partial charge in [0.2, 0.25) is 5.91 Å². The maximum absolute atomic E-state index is 12.3. The summed E-state index contributed by atoms with van der Waals surface area (Å²) in [5, 5.41) is 16.0. The third-order valence-electron chi connectivity index (χ3n) is 4.02. The molecule has 3 rings (SSSR count). The Kier molecular flexibility index (Phi) is 2.66. The minimum atomic E-state index is -0.886. The van der Waals surface area contributed by atoms with E-state index in [1.165, 1.54) is 0 Å². The molecule has 0 aromatic carbocycles. The van der Waals surface area contributed by atoms with Crippen LogP contribution in [0.15, 0.2) is 24.5 Å². The van der Waals surface area contributed by atoms with Gasteiger partial charge >= 0.3 is 5.97 Å². The molecule has 1 aromatic heterocycles. The summed E-state index contributed by atoms with van der Waals surface area (Å²) < 4.78 is 1.59. The van der Waals surface area contributed by atoms with Gasteiger partial charge in [-0.25, -0.2) is 0 Å². The molecule has 1 fully saturated rings. The van der Waals surface area contributed by atoms with Crippen molar-refractivity contribution in [3.05, 3.63) is 24.5 Å². The van der Waals surface area contributed by atoms with Crippen molar-refractivity contribution in [2.75, 3.05) is 5.32 Å². The molecule has 0 aliphatic heterocycles. The summed E-state index contributed by atoms with van der Waals surface area (Å²) in [6, 6.07) is 0. The number of hydrogen-bond donors (Lipinski definition) is 2. The summed E-state index contributed by atoms with van der Waals surface area (Å²) in [7, 11) is 1.76. The second-order valence-electron chi connectivity index (χ2n) is 5.23. The van der Waals surface area contributed by atoms with Gasteiger partial charge in [0.15, 0.2) is 0 Å². The van der Waals surface area contributed by atoms with Crippen LogP contribution in [-0.4, -0.2) is 26.8 Å². The molecule has 1 aromatic rings. The first kappa shape index (κ1) is 12.0. The summed E-state index contributed by atoms with van der Waals surface area (Å²) in [4.78, 5) is 23.6. The van der Waals surface area contributed by atoms with Crippen LogP contribution in [0, 0.1) is 23.7 Å². The molecule has 1 heterocycles. The highest BCUT2D eigenvalue weighted by Crippen LogP contribution is 2.48. The molecule has 100 valence electrons. The highest BCUT2D eigenvalue weighted by Gasteiger charge is 2.51. The normalized spacial score (nSPS) is 31.6. The fraction of sp³-hybridized carbons (Fsp3) is 0.462. The van der Waals surface area contributed by atoms with Gasteiger partial charge < -0.3 is 10.4 Å². The topological polar surface area (TPSA) is 84.2 Å². The second-order valence-corrected chi connectivity index (χ2v) is 5.23. The number of anilines is 1. The lowest BCUT2D eigenvalue weighted by molar-refractivity contribution is -0.146. The van der Waals surface area contributed by atoms with E-state index in [0.717, 1.165) is 6.42 Å². The highest BCUT2D eigenvalue weighted by atomic mass is 16.4. The first-order valence-corrected chi connectivity index (χ1v) is 6.27. The van der Waals surface area contributed by atoms with Crippen molar-refractivity contribution in [2.45, 2.75) is 6.42 Å². The number of carboxylic acid groups (broad SMARTS) is 1. The number of nitrogens with zero attached hydrogens (tertiary/aromatic N) is 2. The van der Waals surface area contributed by atoms with Crippen molar-refractivity contribution < 1.29 is 14.7 Å². The predicted molar refractivity (Wildman–Crippen MR) is 67.2 cm³/mol. The Labute approximate surface area is 110 Å². The Balaban J connectivity index is 1.79. The Morgan fingerprint density at radius 3 is 2.63 bits per heavy atom. The Morgan fingerprint density at radius 1 is 1.37 bits per heavy atom. The molecule has 4 atom stereocenters. The highest BCUT2D eigenvalue weighted by molar-refractivity contribution is 5.96. The Hall–Kier alpha value is -2.11. The van der Waals surface area contributed by atoms with Gasteiger partial charge in [-0.2, -0.15) is 5.10 Å². The Morgan fingerprint density at radius 2 is 2.05 bits per heavy atom. The van der Waals surface area contributed by atoms with Gasteiger partial charge in [-0.05, 0) is 18.3 Å². The number of carbonyl (C=O) groups excluding carboxylic acids is 1. The number of aromatic nitrogens is 2. The van der Waals surface area contributed by atoms with Crippen LogP contribution in [0.4, 0.5) is 5.69 Å². The van der Waals surface area contributed by atoms with Crippen molar-refractivity contribution in [1.82, 2.24) is 9.78 Å². The lowest BCUT2D eigenvalue weighted by Gasteiger charge is -2.23. The van der Waals surface area contributed by atoms with Gasteiger partial charge in [0, 0.05) is 13.2 Å². The number of carboxylic acids is 1. The van der Waals surface area contributed by atoms with Crippen molar-refractivity contribution in [3.63, 3.8) is 0 Å². The SMILES string of the molecule is Cn1cc(NC(=O)C2C3C=CC(C3)C2C(=O)O)cn1. The minimum absolute atomic E-state index is 0.00727. The molecule has 0 radical (unpaired) electrons. The molecule has 0 spiro atoms. The van der Waals surface area contributed by atoms with Crippen LogP contribution >= 0.6 is 0 Å². The zero-order valence-corrected chi connectivity index (χ0v) is 10.5. The fourth-order valence-electron chi connectivity index (χ4n) is 3.23. The molecule has 0 saturated heterocycles. The number of fused-ring (bicyclic) bond motifs is 2. The summed E-state index contributed by atoms with van der Waals surface area (Å²) >= 11 is 0. The van der Waals surface area contributed by atoms with Crippen LogP contribution in [0.3, 0.4) is 0 Å². The molecular formula is C13H15N3O3. The van der Waals surface area contributed by atoms with Crippen LogP contribution in [0.1, 0.15) is 6.42 Å². The standard InChI is InChI=1S/C13H15N3O3/c1-16-6-9(5-14-16)15-12(17)10-7-2-3-8(4-7)11(10)13(18)19/h2-3,5-8,10-11H,4H2,1H3,(H,15,17)(H,18,19). The zero-order valence-electron chi connectivity index (χ0n) is 10.5. The molecule has 2 bridgehead atoms. The van der Waals surface area contributed by atoms with E-state index >= 15 is 0 Å². The fourth-order valence-corrected chi connectivity index (χ4v) is 3.23. The minimum Gasteiger partial charge on any atom is -0.481 e. The zero-order chi connectivity index (χ0) is 13.6. The van der Waals surface area contributed by atoms with Gasteiger partial charge in [-0.15, -0.1) is 0 Å². The van der Waals surface area contributed by atoms with Crippen LogP contribution in [0.2, 0.25) is 0 Å². The number of rotatable bonds is 3. The smallest absolute Gasteiger partial charge is 0.307 e. The maximum Gasteiger partial charge on any atom is 0.307 e. The quantitative estimate of drug-likeness (QED) is 0.791. The number of aryl methyl sites for hydroxylation is 1. The summed E-state index contributed by atoms with van der Waals surface area (Å²) in [6.45, 7) is 0. The van der Waals surface area contributed by atoms with Crippen molar-refractivity contribution in [3.8, 4) is 0 Å². The molecule has 19 heavy (non-hydrogen) atoms. The molecule has 6 heteroatoms. The third kappa shape index (κ3) is 1.93. The molecule has 1 amide bonds. The van der Waals surface area contributed by atoms with E-state index in [-0.39, 0.29) is 17.7 Å². The van der Waals surface area contributed by atoms with Gasteiger partial charge in [-0.1, -0.05) is 12.2 Å². The molecule has 2 aliphatic rings. The number of allylic oxidation sites excluding steroid dienone is 2. The number of amides is 1. The van der Waals surface area contributed by atoms with Crippen LogP contribution in [0.5, 0.6) is 0 Å². The van der Waals surface area contributed by atoms with Gasteiger partial charge in [0.25, 0.3) is 0 Å². The van der Waals surface area contributed by atoms with Crippen molar-refractivity contribution >= 4 is 17.6 Å². The van der Waals surface area contributed by atoms with E-state index in [9.17, 15) is 14.7 Å². The summed E-state index contributed by atoms with van der Waals surface area (Å²) in [5.41, 5.74) is 0.600. The van der Waals surface area contributed by atoms with E-state index in [2.05, 4.69) is 10.4 Å². The number of hydrogen-bond acceptors (Lipinski definition) is 3. The van der Waals surface area contributed by atoms with Crippen molar-refractivity contribution in [1.29, 1.82) is 0 Å². The Bertz CT molecular complexity index is 563. The second kappa shape index (κ2) is 4.22. The molecule has 4 unspecified atom stereocenters. The molecule has 1 saturated carbocycles. The maximum atomic E-state index is 12.3. The number of nitrogens with one attached hydrogen (secondary N) is 1. The van der Waals surface area contributed by atoms with Gasteiger partial charge in [-0.3, -0.25) is 14.3 Å². The molecule has 2 N–H and O–H groups in total. The summed E-state index contributed by atoms with van der Waals surface area (Å²) in [5.74, 6) is -2.16. The van der Waals surface area contributed by atoms with Crippen LogP contribution in [-0.2, 0) is 16.6 Å². The summed E-state index contributed by atoms with van der Waals surface area (Å²) in [6.07, 6.45) is 7.91. The average molecular weight is 261 g/mol. The largest absolute Gasteiger partial charge is 0.481 e. The first-order valence-electron chi connectivity index (χ1n) is 6.27. The average Bonchev–Trinajstić information content (AvgIpc) is 3.03. The van der Waals surface area contributed by atoms with E-state index in [4.69, 9.17) is 0 Å². The number of carbonyl (C=O) groups is 2. The third-order valence-corrected chi connectivity index (χ3v) is 4.02. The molecular weight excluding hydrogens is 246 g/mol. The van der Waals surface area contributed by atoms with Gasteiger partial charge in [0.1, 0.15) is 0 Å². The van der Waals surface area contributed by atoms with E-state index in [0.29, 0.717) is 5.69 Å². The number of aliphatic carboxylic acids is 1. The van der Waals surface area contributed by atoms with E-state index in [1.807, 2.05) is 12.2 Å².